The fourth-order valence-corrected chi connectivity index (χ4v) is 3.94. The Balaban J connectivity index is 2.22. The highest BCUT2D eigenvalue weighted by atomic mass is 35.5. The zero-order valence-electron chi connectivity index (χ0n) is 17.9. The normalized spacial score (nSPS) is 11.8. The van der Waals surface area contributed by atoms with Gasteiger partial charge in [0.2, 0.25) is 11.8 Å². The fourth-order valence-electron chi connectivity index (χ4n) is 3.03. The summed E-state index contributed by atoms with van der Waals surface area (Å²) in [6, 6.07) is 14.4. The summed E-state index contributed by atoms with van der Waals surface area (Å²) in [6.07, 6.45) is 0.528. The predicted octanol–water partition coefficient (Wildman–Crippen LogP) is 4.77. The van der Waals surface area contributed by atoms with Crippen LogP contribution in [0.3, 0.4) is 0 Å². The van der Waals surface area contributed by atoms with Gasteiger partial charge in [0, 0.05) is 22.5 Å². The van der Waals surface area contributed by atoms with Gasteiger partial charge in [0.15, 0.2) is 0 Å². The number of methoxy groups -OCH3 is 1. The van der Waals surface area contributed by atoms with Crippen LogP contribution >= 0.6 is 23.4 Å². The van der Waals surface area contributed by atoms with Crippen molar-refractivity contribution in [1.29, 1.82) is 0 Å². The van der Waals surface area contributed by atoms with Crippen molar-refractivity contribution in [3.63, 3.8) is 0 Å². The minimum absolute atomic E-state index is 0.00348. The van der Waals surface area contributed by atoms with E-state index in [2.05, 4.69) is 5.32 Å². The molecule has 0 radical (unpaired) electrons. The van der Waals surface area contributed by atoms with Crippen molar-refractivity contribution in [3.8, 4) is 5.75 Å². The number of ether oxygens (including phenoxy) is 1. The van der Waals surface area contributed by atoms with Gasteiger partial charge in [-0.3, -0.25) is 9.59 Å². The molecule has 1 atom stereocenters. The molecule has 2 aromatic carbocycles. The summed E-state index contributed by atoms with van der Waals surface area (Å²) >= 11 is 7.37. The average molecular weight is 449 g/mol. The van der Waals surface area contributed by atoms with E-state index in [1.54, 1.807) is 24.1 Å². The molecule has 7 heteroatoms. The van der Waals surface area contributed by atoms with Gasteiger partial charge in [-0.2, -0.15) is 0 Å². The molecule has 0 fully saturated rings. The van der Waals surface area contributed by atoms with Crippen molar-refractivity contribution in [2.75, 3.05) is 12.9 Å². The number of carbonyl (C=O) groups is 2. The summed E-state index contributed by atoms with van der Waals surface area (Å²) in [4.78, 5) is 28.6. The summed E-state index contributed by atoms with van der Waals surface area (Å²) in [5.74, 6) is 0.718. The van der Waals surface area contributed by atoms with Gasteiger partial charge in [-0.05, 0) is 62.2 Å². The molecule has 0 unspecified atom stereocenters. The number of benzene rings is 2. The molecule has 0 saturated heterocycles. The van der Waals surface area contributed by atoms with E-state index in [1.807, 2.05) is 57.2 Å². The average Bonchev–Trinajstić information content (AvgIpc) is 2.72. The molecule has 5 nitrogen and oxygen atoms in total. The van der Waals surface area contributed by atoms with E-state index in [1.165, 1.54) is 11.8 Å². The first-order valence-corrected chi connectivity index (χ1v) is 11.3. The van der Waals surface area contributed by atoms with Crippen LogP contribution < -0.4 is 10.1 Å². The number of amides is 2. The third kappa shape index (κ3) is 7.26. The molecule has 2 amide bonds. The largest absolute Gasteiger partial charge is 0.497 e. The molecule has 2 aromatic rings. The molecule has 0 heterocycles. The van der Waals surface area contributed by atoms with E-state index in [4.69, 9.17) is 16.3 Å². The molecule has 0 spiro atoms. The first-order valence-electron chi connectivity index (χ1n) is 9.95. The Bertz CT molecular complexity index is 843. The third-order valence-corrected chi connectivity index (χ3v) is 5.73. The molecule has 0 saturated carbocycles. The summed E-state index contributed by atoms with van der Waals surface area (Å²) in [5.41, 5.74) is 0.912. The van der Waals surface area contributed by atoms with E-state index in [0.29, 0.717) is 18.0 Å². The van der Waals surface area contributed by atoms with Gasteiger partial charge in [0.25, 0.3) is 0 Å². The highest BCUT2D eigenvalue weighted by Crippen LogP contribution is 2.23. The van der Waals surface area contributed by atoms with Crippen molar-refractivity contribution in [2.45, 2.75) is 50.7 Å². The molecule has 162 valence electrons. The van der Waals surface area contributed by atoms with Crippen LogP contribution in [-0.4, -0.2) is 41.7 Å². The van der Waals surface area contributed by atoms with Crippen LogP contribution in [0.15, 0.2) is 53.4 Å². The smallest absolute Gasteiger partial charge is 0.243 e. The van der Waals surface area contributed by atoms with Crippen molar-refractivity contribution in [2.24, 2.45) is 0 Å². The van der Waals surface area contributed by atoms with Gasteiger partial charge in [-0.25, -0.2) is 0 Å². The van der Waals surface area contributed by atoms with Gasteiger partial charge >= 0.3 is 0 Å². The Hall–Kier alpha value is -2.18. The second-order valence-corrected chi connectivity index (χ2v) is 8.69. The maximum absolute atomic E-state index is 13.2. The zero-order chi connectivity index (χ0) is 22.1. The number of rotatable bonds is 10. The second-order valence-electron chi connectivity index (χ2n) is 7.20. The Kier molecular flexibility index (Phi) is 9.53. The van der Waals surface area contributed by atoms with Gasteiger partial charge in [-0.15, -0.1) is 11.8 Å². The number of thioether (sulfide) groups is 1. The van der Waals surface area contributed by atoms with E-state index < -0.39 is 6.04 Å². The highest BCUT2D eigenvalue weighted by Gasteiger charge is 2.29. The van der Waals surface area contributed by atoms with Crippen LogP contribution in [-0.2, 0) is 16.1 Å². The van der Waals surface area contributed by atoms with E-state index in [-0.39, 0.29) is 23.6 Å². The van der Waals surface area contributed by atoms with Gasteiger partial charge < -0.3 is 15.0 Å². The maximum Gasteiger partial charge on any atom is 0.243 e. The van der Waals surface area contributed by atoms with Crippen molar-refractivity contribution < 1.29 is 14.3 Å². The Morgan fingerprint density at radius 1 is 1.17 bits per heavy atom. The summed E-state index contributed by atoms with van der Waals surface area (Å²) in [6.45, 7) is 6.08. The minimum atomic E-state index is -0.545. The van der Waals surface area contributed by atoms with Crippen LogP contribution in [0.25, 0.3) is 0 Å². The van der Waals surface area contributed by atoms with E-state index in [9.17, 15) is 9.59 Å². The van der Waals surface area contributed by atoms with Crippen molar-refractivity contribution in [3.05, 3.63) is 59.1 Å². The minimum Gasteiger partial charge on any atom is -0.497 e. The molecule has 2 rings (SSSR count). The summed E-state index contributed by atoms with van der Waals surface area (Å²) in [5, 5.41) is 3.59. The van der Waals surface area contributed by atoms with Gasteiger partial charge in [-0.1, -0.05) is 30.7 Å². The SMILES string of the molecule is CC[C@@H](C(=O)NC(C)C)N(Cc1cccc(OC)c1)C(=O)CSc1ccc(Cl)cc1. The Morgan fingerprint density at radius 2 is 1.87 bits per heavy atom. The number of carbonyl (C=O) groups excluding carboxylic acids is 2. The first kappa shape index (κ1) is 24.1. The third-order valence-electron chi connectivity index (χ3n) is 4.48. The van der Waals surface area contributed by atoms with E-state index in [0.717, 1.165) is 16.2 Å². The second kappa shape index (κ2) is 11.9. The molecule has 0 bridgehead atoms. The van der Waals surface area contributed by atoms with Crippen LogP contribution in [0.1, 0.15) is 32.8 Å². The zero-order valence-corrected chi connectivity index (χ0v) is 19.4. The molecular formula is C23H29ClN2O3S. The number of hydrogen-bond acceptors (Lipinski definition) is 4. The number of hydrogen-bond donors (Lipinski definition) is 1. The standard InChI is InChI=1S/C23H29ClN2O3S/c1-5-21(23(28)25-16(2)3)26(14-17-7-6-8-19(13-17)29-4)22(27)15-30-20-11-9-18(24)10-12-20/h6-13,16,21H,5,14-15H2,1-4H3,(H,25,28)/t21-/m0/s1. The lowest BCUT2D eigenvalue weighted by atomic mass is 10.1. The van der Waals surface area contributed by atoms with Crippen molar-refractivity contribution >= 4 is 35.2 Å². The lowest BCUT2D eigenvalue weighted by Crippen LogP contribution is -2.50. The molecule has 0 aliphatic rings. The molecular weight excluding hydrogens is 420 g/mol. The molecule has 0 aliphatic heterocycles. The number of halogens is 1. The topological polar surface area (TPSA) is 58.6 Å². The van der Waals surface area contributed by atoms with Gasteiger partial charge in [0.1, 0.15) is 11.8 Å². The highest BCUT2D eigenvalue weighted by molar-refractivity contribution is 8.00. The quantitative estimate of drug-likeness (QED) is 0.532. The van der Waals surface area contributed by atoms with Crippen LogP contribution in [0, 0.1) is 0 Å². The molecule has 0 aliphatic carbocycles. The summed E-state index contributed by atoms with van der Waals surface area (Å²) < 4.78 is 5.30. The van der Waals surface area contributed by atoms with Crippen LogP contribution in [0.2, 0.25) is 5.02 Å². The van der Waals surface area contributed by atoms with Crippen molar-refractivity contribution in [1.82, 2.24) is 10.2 Å². The predicted molar refractivity (Wildman–Crippen MR) is 123 cm³/mol. The monoisotopic (exact) mass is 448 g/mol. The summed E-state index contributed by atoms with van der Waals surface area (Å²) in [7, 11) is 1.61. The first-order chi connectivity index (χ1) is 14.3. The molecule has 1 N–H and O–H groups in total. The van der Waals surface area contributed by atoms with Crippen LogP contribution in [0.5, 0.6) is 5.75 Å². The fraction of sp³-hybridized carbons (Fsp3) is 0.391. The van der Waals surface area contributed by atoms with E-state index >= 15 is 0 Å². The number of nitrogens with one attached hydrogen (secondary N) is 1. The Morgan fingerprint density at radius 3 is 2.47 bits per heavy atom. The molecule has 0 aromatic heterocycles. The molecule has 30 heavy (non-hydrogen) atoms. The Labute approximate surface area is 188 Å². The number of nitrogens with zero attached hydrogens (tertiary/aromatic N) is 1. The maximum atomic E-state index is 13.2. The van der Waals surface area contributed by atoms with Crippen LogP contribution in [0.4, 0.5) is 0 Å². The lowest BCUT2D eigenvalue weighted by Gasteiger charge is -2.31. The van der Waals surface area contributed by atoms with Gasteiger partial charge in [0.05, 0.1) is 12.9 Å². The lowest BCUT2D eigenvalue weighted by molar-refractivity contribution is -0.139.